The van der Waals surface area contributed by atoms with Crippen molar-refractivity contribution in [2.45, 2.75) is 31.1 Å². The summed E-state index contributed by atoms with van der Waals surface area (Å²) in [6, 6.07) is 16.1. The molecule has 3 aromatic rings. The molecule has 0 aliphatic rings. The molecule has 1 aromatic heterocycles. The van der Waals surface area contributed by atoms with Gasteiger partial charge in [0.25, 0.3) is 0 Å². The number of benzene rings is 2. The number of aromatic nitrogens is 1. The Kier molecular flexibility index (Phi) is 8.35. The summed E-state index contributed by atoms with van der Waals surface area (Å²) in [6.45, 7) is 0. The van der Waals surface area contributed by atoms with Crippen LogP contribution in [0.25, 0.3) is 0 Å². The molecule has 1 heterocycles. The maximum absolute atomic E-state index is 12.9. The molecule has 174 valence electrons. The van der Waals surface area contributed by atoms with Gasteiger partial charge in [-0.05, 0) is 60.4 Å². The number of amides is 1. The number of pyridine rings is 1. The van der Waals surface area contributed by atoms with Crippen LogP contribution in [-0.2, 0) is 17.4 Å². The topological polar surface area (TPSA) is 54.0 Å². The lowest BCUT2D eigenvalue weighted by molar-refractivity contribution is -0.137. The normalized spacial score (nSPS) is 13.4. The van der Waals surface area contributed by atoms with E-state index in [1.54, 1.807) is 49.5 Å². The molecular weight excluding hydrogens is 474 g/mol. The lowest BCUT2D eigenvalue weighted by Gasteiger charge is -2.25. The minimum atomic E-state index is -4.38. The lowest BCUT2D eigenvalue weighted by Crippen LogP contribution is -2.38. The van der Waals surface area contributed by atoms with Crippen molar-refractivity contribution in [2.75, 3.05) is 7.05 Å². The lowest BCUT2D eigenvalue weighted by atomic mass is 9.98. The Morgan fingerprint density at radius 1 is 1.00 bits per heavy atom. The third-order valence-electron chi connectivity index (χ3n) is 5.18. The van der Waals surface area contributed by atoms with E-state index in [4.69, 9.17) is 23.2 Å². The maximum Gasteiger partial charge on any atom is 0.416 e. The molecule has 0 unspecified atom stereocenters. The van der Waals surface area contributed by atoms with Gasteiger partial charge in [-0.15, -0.1) is 0 Å². The summed E-state index contributed by atoms with van der Waals surface area (Å²) in [7, 11) is 1.54. The van der Waals surface area contributed by atoms with Gasteiger partial charge in [-0.3, -0.25) is 10.1 Å². The van der Waals surface area contributed by atoms with E-state index in [1.807, 2.05) is 0 Å². The summed E-state index contributed by atoms with van der Waals surface area (Å²) in [5.41, 5.74) is 1.37. The van der Waals surface area contributed by atoms with Gasteiger partial charge in [0, 0.05) is 12.1 Å². The third-order valence-corrected chi connectivity index (χ3v) is 5.64. The van der Waals surface area contributed by atoms with Crippen LogP contribution in [0.5, 0.6) is 0 Å². The first-order chi connectivity index (χ1) is 15.7. The first-order valence-corrected chi connectivity index (χ1v) is 10.9. The van der Waals surface area contributed by atoms with E-state index in [0.717, 1.165) is 17.7 Å². The van der Waals surface area contributed by atoms with Gasteiger partial charge in [0.1, 0.15) is 11.2 Å². The molecule has 3 rings (SSSR count). The molecule has 0 saturated carbocycles. The quantitative estimate of drug-likeness (QED) is 0.368. The Balaban J connectivity index is 1.85. The molecule has 2 atom stereocenters. The second kappa shape index (κ2) is 11.0. The van der Waals surface area contributed by atoms with E-state index in [0.29, 0.717) is 34.3 Å². The highest BCUT2D eigenvalue weighted by atomic mass is 35.5. The van der Waals surface area contributed by atoms with Gasteiger partial charge in [-0.2, -0.15) is 13.2 Å². The Hall–Kier alpha value is -2.61. The molecule has 0 saturated heterocycles. The predicted octanol–water partition coefficient (Wildman–Crippen LogP) is 6.16. The number of rotatable bonds is 8. The minimum Gasteiger partial charge on any atom is -0.358 e. The van der Waals surface area contributed by atoms with Gasteiger partial charge in [0.15, 0.2) is 0 Å². The van der Waals surface area contributed by atoms with E-state index < -0.39 is 23.8 Å². The fourth-order valence-electron chi connectivity index (χ4n) is 3.43. The van der Waals surface area contributed by atoms with Crippen molar-refractivity contribution in [3.63, 3.8) is 0 Å². The number of hydrogen-bond acceptors (Lipinski definition) is 3. The van der Waals surface area contributed by atoms with Crippen LogP contribution in [0.3, 0.4) is 0 Å². The van der Waals surface area contributed by atoms with E-state index >= 15 is 0 Å². The number of hydrogen-bond donors (Lipinski definition) is 2. The molecule has 0 aliphatic heterocycles. The summed E-state index contributed by atoms with van der Waals surface area (Å²) in [4.78, 5) is 17.1. The SMILES string of the molecule is CNC(=O)[C@@H](N[C@H](CCc1ccc(C(F)(F)F)cc1)c1cccc(Cl)n1)c1ccc(Cl)cc1. The maximum atomic E-state index is 12.9. The highest BCUT2D eigenvalue weighted by Crippen LogP contribution is 2.30. The van der Waals surface area contributed by atoms with E-state index in [1.165, 1.54) is 12.1 Å². The second-order valence-electron chi connectivity index (χ2n) is 7.44. The van der Waals surface area contributed by atoms with Crippen molar-refractivity contribution in [3.8, 4) is 0 Å². The standard InChI is InChI=1S/C24H22Cl2F3N3O/c1-30-23(33)22(16-8-12-18(25)13-9-16)32-20(19-3-2-4-21(26)31-19)14-7-15-5-10-17(11-6-15)24(27,28)29/h2-6,8-13,20,22,32H,7,14H2,1H3,(H,30,33)/t20-,22+/m1/s1. The zero-order valence-corrected chi connectivity index (χ0v) is 19.2. The van der Waals surface area contributed by atoms with Gasteiger partial charge in [0.05, 0.1) is 17.3 Å². The number of nitrogens with one attached hydrogen (secondary N) is 2. The number of carbonyl (C=O) groups is 1. The Morgan fingerprint density at radius 2 is 1.67 bits per heavy atom. The van der Waals surface area contributed by atoms with E-state index in [2.05, 4.69) is 15.6 Å². The van der Waals surface area contributed by atoms with Gasteiger partial charge in [0.2, 0.25) is 5.91 Å². The van der Waals surface area contributed by atoms with E-state index in [9.17, 15) is 18.0 Å². The van der Waals surface area contributed by atoms with Crippen molar-refractivity contribution in [1.82, 2.24) is 15.6 Å². The van der Waals surface area contributed by atoms with Crippen LogP contribution in [0, 0.1) is 0 Å². The van der Waals surface area contributed by atoms with Gasteiger partial charge in [-0.25, -0.2) is 4.98 Å². The monoisotopic (exact) mass is 495 g/mol. The molecule has 33 heavy (non-hydrogen) atoms. The van der Waals surface area contributed by atoms with Gasteiger partial charge < -0.3 is 5.32 Å². The van der Waals surface area contributed by atoms with Crippen LogP contribution < -0.4 is 10.6 Å². The van der Waals surface area contributed by atoms with Crippen LogP contribution >= 0.6 is 23.2 Å². The fraction of sp³-hybridized carbons (Fsp3) is 0.250. The molecule has 2 N–H and O–H groups in total. The van der Waals surface area contributed by atoms with Gasteiger partial charge in [-0.1, -0.05) is 53.5 Å². The zero-order chi connectivity index (χ0) is 24.0. The molecular formula is C24H22Cl2F3N3O. The smallest absolute Gasteiger partial charge is 0.358 e. The predicted molar refractivity (Wildman–Crippen MR) is 123 cm³/mol. The van der Waals surface area contributed by atoms with Crippen molar-refractivity contribution in [2.24, 2.45) is 0 Å². The summed E-state index contributed by atoms with van der Waals surface area (Å²) < 4.78 is 38.6. The molecule has 1 amide bonds. The summed E-state index contributed by atoms with van der Waals surface area (Å²) >= 11 is 12.1. The fourth-order valence-corrected chi connectivity index (χ4v) is 3.73. The Labute approximate surface area is 200 Å². The van der Waals surface area contributed by atoms with E-state index in [-0.39, 0.29) is 5.91 Å². The number of nitrogens with zero attached hydrogens (tertiary/aromatic N) is 1. The van der Waals surface area contributed by atoms with Crippen molar-refractivity contribution < 1.29 is 18.0 Å². The highest BCUT2D eigenvalue weighted by molar-refractivity contribution is 6.30. The molecule has 0 spiro atoms. The third kappa shape index (κ3) is 6.93. The van der Waals surface area contributed by atoms with Crippen LogP contribution in [0.4, 0.5) is 13.2 Å². The average molecular weight is 496 g/mol. The molecule has 4 nitrogen and oxygen atoms in total. The van der Waals surface area contributed by atoms with Crippen LogP contribution in [0.2, 0.25) is 10.2 Å². The second-order valence-corrected chi connectivity index (χ2v) is 8.26. The van der Waals surface area contributed by atoms with Crippen molar-refractivity contribution >= 4 is 29.1 Å². The zero-order valence-electron chi connectivity index (χ0n) is 17.7. The molecule has 2 aromatic carbocycles. The number of alkyl halides is 3. The number of halogens is 5. The molecule has 0 fully saturated rings. The first kappa shape index (κ1) is 25.0. The molecule has 0 aliphatic carbocycles. The molecule has 9 heteroatoms. The van der Waals surface area contributed by atoms with Crippen LogP contribution in [-0.4, -0.2) is 17.9 Å². The van der Waals surface area contributed by atoms with Gasteiger partial charge >= 0.3 is 6.18 Å². The van der Waals surface area contributed by atoms with Crippen molar-refractivity contribution in [1.29, 1.82) is 0 Å². The number of carbonyl (C=O) groups excluding carboxylic acids is 1. The average Bonchev–Trinajstić information content (AvgIpc) is 2.79. The minimum absolute atomic E-state index is 0.251. The molecule has 0 bridgehead atoms. The number of aryl methyl sites for hydroxylation is 1. The Morgan fingerprint density at radius 3 is 2.24 bits per heavy atom. The summed E-state index contributed by atoms with van der Waals surface area (Å²) in [5.74, 6) is -0.251. The summed E-state index contributed by atoms with van der Waals surface area (Å²) in [5, 5.41) is 6.84. The highest BCUT2D eigenvalue weighted by Gasteiger charge is 2.30. The first-order valence-electron chi connectivity index (χ1n) is 10.2. The number of likely N-dealkylation sites (N-methyl/N-ethyl adjacent to an activating group) is 1. The van der Waals surface area contributed by atoms with Crippen molar-refractivity contribution in [3.05, 3.63) is 99.3 Å². The van der Waals surface area contributed by atoms with Crippen LogP contribution in [0.15, 0.2) is 66.7 Å². The molecule has 0 radical (unpaired) electrons. The largest absolute Gasteiger partial charge is 0.416 e. The van der Waals surface area contributed by atoms with Crippen LogP contribution in [0.1, 0.15) is 40.9 Å². The summed E-state index contributed by atoms with van der Waals surface area (Å²) in [6.07, 6.45) is -3.45. The Bertz CT molecular complexity index is 1070.